The minimum Gasteiger partial charge on any atom is -0.252 e. The van der Waals surface area contributed by atoms with Gasteiger partial charge in [0.05, 0.1) is 22.9 Å². The zero-order valence-corrected chi connectivity index (χ0v) is 29.6. The number of fused-ring (bicyclic) bond motifs is 12. The van der Waals surface area contributed by atoms with E-state index in [1.807, 2.05) is 17.5 Å². The molecule has 52 heavy (non-hydrogen) atoms. The topological polar surface area (TPSA) is 25.8 Å². The Bertz CT molecular complexity index is 3080. The number of hydrogen-bond acceptors (Lipinski definition) is 3. The molecule has 1 aliphatic rings. The highest BCUT2D eigenvalue weighted by atomic mass is 32.1. The molecule has 0 unspecified atom stereocenters. The predicted octanol–water partition coefficient (Wildman–Crippen LogP) is 13.6. The summed E-state index contributed by atoms with van der Waals surface area (Å²) in [6.45, 7) is 4.69. The van der Waals surface area contributed by atoms with Crippen LogP contribution in [0.3, 0.4) is 0 Å². The van der Waals surface area contributed by atoms with Gasteiger partial charge in [0.1, 0.15) is 0 Å². The van der Waals surface area contributed by atoms with Gasteiger partial charge in [-0.25, -0.2) is 4.98 Å². The van der Waals surface area contributed by atoms with Crippen LogP contribution in [-0.2, 0) is 5.41 Å². The Kier molecular flexibility index (Phi) is 6.21. The summed E-state index contributed by atoms with van der Waals surface area (Å²) < 4.78 is 2.63. The smallest absolute Gasteiger partial charge is 0.0979 e. The highest BCUT2D eigenvalue weighted by Gasteiger charge is 2.35. The molecule has 0 spiro atoms. The number of rotatable bonds is 3. The average Bonchev–Trinajstić information content (AvgIpc) is 3.69. The van der Waals surface area contributed by atoms with Gasteiger partial charge in [0, 0.05) is 41.9 Å². The van der Waals surface area contributed by atoms with Crippen molar-refractivity contribution in [1.82, 2.24) is 9.97 Å². The summed E-state index contributed by atoms with van der Waals surface area (Å²) in [5.74, 6) is 0. The Morgan fingerprint density at radius 3 is 1.92 bits per heavy atom. The van der Waals surface area contributed by atoms with Crippen LogP contribution in [0, 0.1) is 0 Å². The summed E-state index contributed by atoms with van der Waals surface area (Å²) in [5.41, 5.74) is 14.3. The van der Waals surface area contributed by atoms with E-state index in [0.717, 1.165) is 33.1 Å². The van der Waals surface area contributed by atoms with Gasteiger partial charge in [-0.2, -0.15) is 0 Å². The second-order valence-electron chi connectivity index (χ2n) is 14.6. The Morgan fingerprint density at radius 2 is 1.08 bits per heavy atom. The molecule has 244 valence electrons. The van der Waals surface area contributed by atoms with Gasteiger partial charge in [-0.05, 0) is 79.5 Å². The standard InChI is InChI=1S/C49H32N2S/c1-49(2)42-20-8-7-15-36(42)40-27-31(21-23-43(40)49)33-18-10-19-39-41-26-30(22-24-45(41)52-48(33)39)29-11-9-12-32(25-29)44-28-50-46-37-16-5-3-13-34(37)35-14-4-6-17-38(35)47(46)51-44/h3-28H,1-2H3. The molecule has 11 rings (SSSR count). The van der Waals surface area contributed by atoms with Gasteiger partial charge in [-0.15, -0.1) is 11.3 Å². The summed E-state index contributed by atoms with van der Waals surface area (Å²) in [5, 5.41) is 7.27. The van der Waals surface area contributed by atoms with Gasteiger partial charge >= 0.3 is 0 Å². The van der Waals surface area contributed by atoms with E-state index >= 15 is 0 Å². The molecular formula is C49H32N2S. The van der Waals surface area contributed by atoms with Gasteiger partial charge in [0.2, 0.25) is 0 Å². The average molecular weight is 681 g/mol. The monoisotopic (exact) mass is 680 g/mol. The maximum absolute atomic E-state index is 5.26. The number of benzene rings is 8. The fourth-order valence-electron chi connectivity index (χ4n) is 8.71. The van der Waals surface area contributed by atoms with E-state index < -0.39 is 0 Å². The summed E-state index contributed by atoms with van der Waals surface area (Å²) in [7, 11) is 0. The van der Waals surface area contributed by atoms with Crippen molar-refractivity contribution in [2.45, 2.75) is 19.3 Å². The van der Waals surface area contributed by atoms with Crippen molar-refractivity contribution >= 4 is 64.1 Å². The third-order valence-electron chi connectivity index (χ3n) is 11.3. The van der Waals surface area contributed by atoms with Crippen LogP contribution in [0.5, 0.6) is 0 Å². The Hall–Kier alpha value is -6.16. The molecule has 10 aromatic rings. The van der Waals surface area contributed by atoms with Crippen LogP contribution in [0.15, 0.2) is 158 Å². The molecule has 2 heterocycles. The van der Waals surface area contributed by atoms with E-state index in [2.05, 4.69) is 166 Å². The predicted molar refractivity (Wildman–Crippen MR) is 221 cm³/mol. The molecule has 0 saturated carbocycles. The largest absolute Gasteiger partial charge is 0.252 e. The molecule has 0 fully saturated rings. The SMILES string of the molecule is CC1(C)c2ccccc2-c2cc(-c3cccc4c3sc3ccc(-c5cccc(-c6cnc7c8ccccc8c8ccccc8c7n6)c5)cc34)ccc21. The van der Waals surface area contributed by atoms with Gasteiger partial charge in [0.15, 0.2) is 0 Å². The molecule has 0 bridgehead atoms. The van der Waals surface area contributed by atoms with Crippen LogP contribution in [0.25, 0.3) is 97.4 Å². The molecular weight excluding hydrogens is 649 g/mol. The summed E-state index contributed by atoms with van der Waals surface area (Å²) >= 11 is 1.89. The van der Waals surface area contributed by atoms with Crippen molar-refractivity contribution in [2.75, 3.05) is 0 Å². The number of nitrogens with zero attached hydrogens (tertiary/aromatic N) is 2. The quantitative estimate of drug-likeness (QED) is 0.174. The van der Waals surface area contributed by atoms with Crippen LogP contribution in [0.2, 0.25) is 0 Å². The molecule has 1 aliphatic carbocycles. The third-order valence-corrected chi connectivity index (χ3v) is 12.5. The van der Waals surface area contributed by atoms with Crippen molar-refractivity contribution in [3.8, 4) is 44.6 Å². The van der Waals surface area contributed by atoms with Crippen molar-refractivity contribution in [3.05, 3.63) is 169 Å². The Morgan fingerprint density at radius 1 is 0.442 bits per heavy atom. The maximum Gasteiger partial charge on any atom is 0.0979 e. The molecule has 0 radical (unpaired) electrons. The van der Waals surface area contributed by atoms with Crippen LogP contribution in [-0.4, -0.2) is 9.97 Å². The van der Waals surface area contributed by atoms with Crippen molar-refractivity contribution < 1.29 is 0 Å². The number of hydrogen-bond donors (Lipinski definition) is 0. The Labute approximate surface area is 305 Å². The maximum atomic E-state index is 5.26. The zero-order chi connectivity index (χ0) is 34.6. The van der Waals surface area contributed by atoms with Crippen molar-refractivity contribution in [2.24, 2.45) is 0 Å². The van der Waals surface area contributed by atoms with Crippen LogP contribution >= 0.6 is 11.3 Å². The summed E-state index contributed by atoms with van der Waals surface area (Å²) in [6, 6.07) is 55.4. The van der Waals surface area contributed by atoms with E-state index in [4.69, 9.17) is 9.97 Å². The van der Waals surface area contributed by atoms with E-state index in [1.165, 1.54) is 75.5 Å². The first-order chi connectivity index (χ1) is 25.5. The van der Waals surface area contributed by atoms with Crippen molar-refractivity contribution in [1.29, 1.82) is 0 Å². The second kappa shape index (κ2) is 10.9. The molecule has 0 aliphatic heterocycles. The molecule has 0 N–H and O–H groups in total. The van der Waals surface area contributed by atoms with Crippen LogP contribution in [0.1, 0.15) is 25.0 Å². The molecule has 0 amide bonds. The summed E-state index contributed by atoms with van der Waals surface area (Å²) in [4.78, 5) is 10.3. The molecule has 2 nitrogen and oxygen atoms in total. The zero-order valence-electron chi connectivity index (χ0n) is 28.8. The van der Waals surface area contributed by atoms with Gasteiger partial charge < -0.3 is 0 Å². The first-order valence-electron chi connectivity index (χ1n) is 17.9. The number of aromatic nitrogens is 2. The van der Waals surface area contributed by atoms with E-state index in [0.29, 0.717) is 0 Å². The fraction of sp³-hybridized carbons (Fsp3) is 0.0612. The fourth-order valence-corrected chi connectivity index (χ4v) is 9.93. The third kappa shape index (κ3) is 4.23. The second-order valence-corrected chi connectivity index (χ2v) is 15.6. The Balaban J connectivity index is 1.01. The molecule has 3 heteroatoms. The van der Waals surface area contributed by atoms with Crippen LogP contribution in [0.4, 0.5) is 0 Å². The minimum atomic E-state index is 0.00588. The lowest BCUT2D eigenvalue weighted by Gasteiger charge is -2.21. The molecule has 0 atom stereocenters. The number of thiophene rings is 1. The molecule has 2 aromatic heterocycles. The summed E-state index contributed by atoms with van der Waals surface area (Å²) in [6.07, 6.45) is 1.93. The van der Waals surface area contributed by atoms with E-state index in [1.54, 1.807) is 0 Å². The van der Waals surface area contributed by atoms with Gasteiger partial charge in [-0.1, -0.05) is 141 Å². The molecule has 0 saturated heterocycles. The van der Waals surface area contributed by atoms with Crippen molar-refractivity contribution in [3.63, 3.8) is 0 Å². The van der Waals surface area contributed by atoms with Gasteiger partial charge in [0.25, 0.3) is 0 Å². The van der Waals surface area contributed by atoms with Gasteiger partial charge in [-0.3, -0.25) is 4.98 Å². The first-order valence-corrected chi connectivity index (χ1v) is 18.7. The lowest BCUT2D eigenvalue weighted by Crippen LogP contribution is -2.14. The minimum absolute atomic E-state index is 0.00588. The van der Waals surface area contributed by atoms with E-state index in [9.17, 15) is 0 Å². The lowest BCUT2D eigenvalue weighted by molar-refractivity contribution is 0.660. The normalized spacial score (nSPS) is 13.3. The highest BCUT2D eigenvalue weighted by molar-refractivity contribution is 7.26. The highest BCUT2D eigenvalue weighted by Crippen LogP contribution is 2.50. The van der Waals surface area contributed by atoms with Crippen LogP contribution < -0.4 is 0 Å². The van der Waals surface area contributed by atoms with E-state index in [-0.39, 0.29) is 5.41 Å². The molecule has 8 aromatic carbocycles. The first kappa shape index (κ1) is 29.6. The lowest BCUT2D eigenvalue weighted by atomic mass is 9.82.